The Kier molecular flexibility index (Phi) is 2.92. The summed E-state index contributed by atoms with van der Waals surface area (Å²) in [5, 5.41) is 15.5. The van der Waals surface area contributed by atoms with Gasteiger partial charge in [-0.05, 0) is 43.9 Å². The van der Waals surface area contributed by atoms with Gasteiger partial charge in [0.25, 0.3) is 0 Å². The molecule has 2 atom stereocenters. The summed E-state index contributed by atoms with van der Waals surface area (Å²) in [7, 11) is 0. The first-order valence-electron chi connectivity index (χ1n) is 6.47. The summed E-state index contributed by atoms with van der Waals surface area (Å²) in [5.74, 6) is -0.333. The molecule has 2 saturated heterocycles. The maximum atomic E-state index is 13.8. The van der Waals surface area contributed by atoms with Crippen LogP contribution in [-0.2, 0) is 0 Å². The number of nitrogens with zero attached hydrogens (tertiary/aromatic N) is 1. The predicted molar refractivity (Wildman–Crippen MR) is 67.7 cm³/mol. The largest absolute Gasteiger partial charge is 0.380 e. The van der Waals surface area contributed by atoms with Crippen LogP contribution in [0.5, 0.6) is 0 Å². The molecular weight excluding hydrogens is 229 g/mol. The summed E-state index contributed by atoms with van der Waals surface area (Å²) >= 11 is 0. The van der Waals surface area contributed by atoms with E-state index in [4.69, 9.17) is 5.26 Å². The van der Waals surface area contributed by atoms with E-state index in [9.17, 15) is 4.39 Å². The van der Waals surface area contributed by atoms with Gasteiger partial charge in [-0.25, -0.2) is 4.39 Å². The third-order valence-electron chi connectivity index (χ3n) is 3.93. The molecule has 94 valence electrons. The van der Waals surface area contributed by atoms with Gasteiger partial charge in [-0.15, -0.1) is 0 Å². The van der Waals surface area contributed by atoms with Crippen LogP contribution < -0.4 is 10.6 Å². The molecule has 4 heteroatoms. The minimum Gasteiger partial charge on any atom is -0.380 e. The molecular formula is C14H16FN3. The number of fused-ring (bicyclic) bond motifs is 2. The summed E-state index contributed by atoms with van der Waals surface area (Å²) < 4.78 is 13.8. The third-order valence-corrected chi connectivity index (χ3v) is 3.93. The Morgan fingerprint density at radius 1 is 1.28 bits per heavy atom. The van der Waals surface area contributed by atoms with Gasteiger partial charge in [0.15, 0.2) is 0 Å². The van der Waals surface area contributed by atoms with Gasteiger partial charge in [0, 0.05) is 18.1 Å². The molecule has 0 saturated carbocycles. The smallest absolute Gasteiger partial charge is 0.147 e. The number of piperidine rings is 1. The number of nitrogens with one attached hydrogen (secondary N) is 2. The number of rotatable bonds is 2. The molecule has 2 N–H and O–H groups in total. The van der Waals surface area contributed by atoms with Crippen LogP contribution in [0.3, 0.4) is 0 Å². The van der Waals surface area contributed by atoms with Crippen molar-refractivity contribution in [2.75, 3.05) is 5.32 Å². The van der Waals surface area contributed by atoms with Crippen LogP contribution in [-0.4, -0.2) is 18.1 Å². The highest BCUT2D eigenvalue weighted by Crippen LogP contribution is 2.29. The van der Waals surface area contributed by atoms with Gasteiger partial charge < -0.3 is 10.6 Å². The van der Waals surface area contributed by atoms with Crippen LogP contribution in [0.2, 0.25) is 0 Å². The van der Waals surface area contributed by atoms with E-state index >= 15 is 0 Å². The second kappa shape index (κ2) is 4.58. The fourth-order valence-electron chi connectivity index (χ4n) is 3.10. The van der Waals surface area contributed by atoms with E-state index in [1.165, 1.54) is 18.9 Å². The first-order valence-corrected chi connectivity index (χ1v) is 6.47. The normalized spacial score (nSPS) is 29.9. The molecule has 3 nitrogen and oxygen atoms in total. The summed E-state index contributed by atoms with van der Waals surface area (Å²) in [4.78, 5) is 0. The van der Waals surface area contributed by atoms with Gasteiger partial charge in [0.2, 0.25) is 0 Å². The topological polar surface area (TPSA) is 47.9 Å². The number of hydrogen-bond acceptors (Lipinski definition) is 3. The van der Waals surface area contributed by atoms with Crippen LogP contribution >= 0.6 is 0 Å². The standard InChI is InChI=1S/C14H16FN3/c15-13-5-9(8-16)1-4-14(13)18-12-6-10-2-3-11(7-12)17-10/h1,4-5,10-12,17-18H,2-3,6-7H2. The van der Waals surface area contributed by atoms with Crippen molar-refractivity contribution in [3.8, 4) is 6.07 Å². The first-order chi connectivity index (χ1) is 8.74. The quantitative estimate of drug-likeness (QED) is 0.841. The number of anilines is 1. The van der Waals surface area contributed by atoms with Crippen molar-refractivity contribution < 1.29 is 4.39 Å². The SMILES string of the molecule is N#Cc1ccc(NC2CC3CCC(C2)N3)c(F)c1. The zero-order chi connectivity index (χ0) is 12.5. The first kappa shape index (κ1) is 11.5. The van der Waals surface area contributed by atoms with E-state index < -0.39 is 0 Å². The van der Waals surface area contributed by atoms with Crippen LogP contribution in [0.25, 0.3) is 0 Å². The maximum Gasteiger partial charge on any atom is 0.147 e. The Morgan fingerprint density at radius 3 is 2.61 bits per heavy atom. The Morgan fingerprint density at radius 2 is 2.00 bits per heavy atom. The molecule has 2 aliphatic rings. The van der Waals surface area contributed by atoms with Crippen molar-refractivity contribution in [1.82, 2.24) is 5.32 Å². The average molecular weight is 245 g/mol. The number of halogens is 1. The molecule has 2 bridgehead atoms. The molecule has 18 heavy (non-hydrogen) atoms. The van der Waals surface area contributed by atoms with Gasteiger partial charge in [0.1, 0.15) is 5.82 Å². The number of nitriles is 1. The second-order valence-electron chi connectivity index (χ2n) is 5.26. The van der Waals surface area contributed by atoms with Crippen molar-refractivity contribution in [3.05, 3.63) is 29.6 Å². The minimum atomic E-state index is -0.333. The molecule has 0 spiro atoms. The van der Waals surface area contributed by atoms with Crippen molar-refractivity contribution in [2.45, 2.75) is 43.8 Å². The van der Waals surface area contributed by atoms with E-state index in [1.54, 1.807) is 12.1 Å². The van der Waals surface area contributed by atoms with Gasteiger partial charge >= 0.3 is 0 Å². The van der Waals surface area contributed by atoms with Crippen molar-refractivity contribution >= 4 is 5.69 Å². The zero-order valence-corrected chi connectivity index (χ0v) is 10.1. The Hall–Kier alpha value is -1.60. The van der Waals surface area contributed by atoms with Crippen LogP contribution in [0.15, 0.2) is 18.2 Å². The fraction of sp³-hybridized carbons (Fsp3) is 0.500. The van der Waals surface area contributed by atoms with Crippen molar-refractivity contribution in [3.63, 3.8) is 0 Å². The van der Waals surface area contributed by atoms with E-state index in [0.717, 1.165) is 12.8 Å². The molecule has 0 radical (unpaired) electrons. The van der Waals surface area contributed by atoms with Gasteiger partial charge in [-0.2, -0.15) is 5.26 Å². The molecule has 2 fully saturated rings. The molecule has 0 aliphatic carbocycles. The lowest BCUT2D eigenvalue weighted by molar-refractivity contribution is 0.377. The highest BCUT2D eigenvalue weighted by Gasteiger charge is 2.33. The maximum absolute atomic E-state index is 13.8. The Labute approximate surface area is 106 Å². The molecule has 1 aromatic carbocycles. The van der Waals surface area contributed by atoms with E-state index in [1.807, 2.05) is 6.07 Å². The number of hydrogen-bond donors (Lipinski definition) is 2. The monoisotopic (exact) mass is 245 g/mol. The van der Waals surface area contributed by atoms with Crippen molar-refractivity contribution in [1.29, 1.82) is 5.26 Å². The minimum absolute atomic E-state index is 0.333. The third kappa shape index (κ3) is 2.19. The molecule has 0 amide bonds. The summed E-state index contributed by atoms with van der Waals surface area (Å²) in [6.07, 6.45) is 4.57. The molecule has 3 rings (SSSR count). The summed E-state index contributed by atoms with van der Waals surface area (Å²) in [6, 6.07) is 8.06. The lowest BCUT2D eigenvalue weighted by Gasteiger charge is -2.30. The lowest BCUT2D eigenvalue weighted by atomic mass is 9.99. The fourth-order valence-corrected chi connectivity index (χ4v) is 3.10. The Bertz CT molecular complexity index is 482. The summed E-state index contributed by atoms with van der Waals surface area (Å²) in [6.45, 7) is 0. The van der Waals surface area contributed by atoms with Crippen LogP contribution in [0, 0.1) is 17.1 Å². The number of benzene rings is 1. The van der Waals surface area contributed by atoms with E-state index in [0.29, 0.717) is 29.4 Å². The van der Waals surface area contributed by atoms with E-state index in [2.05, 4.69) is 10.6 Å². The van der Waals surface area contributed by atoms with E-state index in [-0.39, 0.29) is 5.82 Å². The molecule has 2 heterocycles. The lowest BCUT2D eigenvalue weighted by Crippen LogP contribution is -2.43. The van der Waals surface area contributed by atoms with Crippen LogP contribution in [0.4, 0.5) is 10.1 Å². The molecule has 1 aromatic rings. The molecule has 0 aromatic heterocycles. The summed E-state index contributed by atoms with van der Waals surface area (Å²) in [5.41, 5.74) is 0.878. The average Bonchev–Trinajstić information content (AvgIpc) is 2.71. The highest BCUT2D eigenvalue weighted by atomic mass is 19.1. The van der Waals surface area contributed by atoms with Gasteiger partial charge in [-0.1, -0.05) is 0 Å². The van der Waals surface area contributed by atoms with Crippen molar-refractivity contribution in [2.24, 2.45) is 0 Å². The second-order valence-corrected chi connectivity index (χ2v) is 5.26. The van der Waals surface area contributed by atoms with Gasteiger partial charge in [0.05, 0.1) is 17.3 Å². The Balaban J connectivity index is 1.71. The van der Waals surface area contributed by atoms with Gasteiger partial charge in [-0.3, -0.25) is 0 Å². The highest BCUT2D eigenvalue weighted by molar-refractivity contribution is 5.49. The predicted octanol–water partition coefficient (Wildman–Crippen LogP) is 2.39. The van der Waals surface area contributed by atoms with Crippen LogP contribution in [0.1, 0.15) is 31.2 Å². The molecule has 2 aliphatic heterocycles. The zero-order valence-electron chi connectivity index (χ0n) is 10.1. The molecule has 2 unspecified atom stereocenters.